The average molecular weight is 529 g/mol. The first-order valence-corrected chi connectivity index (χ1v) is 13.6. The van der Waals surface area contributed by atoms with Crippen LogP contribution < -0.4 is 15.0 Å². The van der Waals surface area contributed by atoms with Gasteiger partial charge < -0.3 is 24.3 Å². The highest BCUT2D eigenvalue weighted by Crippen LogP contribution is 2.32. The molecule has 5 rings (SSSR count). The van der Waals surface area contributed by atoms with Crippen molar-refractivity contribution in [2.75, 3.05) is 49.7 Å². The van der Waals surface area contributed by atoms with Crippen LogP contribution in [-0.4, -0.2) is 57.8 Å². The van der Waals surface area contributed by atoms with Crippen molar-refractivity contribution in [2.24, 2.45) is 0 Å². The lowest BCUT2D eigenvalue weighted by Crippen LogP contribution is -2.44. The Morgan fingerprint density at radius 3 is 2.43 bits per heavy atom. The molecular formula is C26H26F2N4O4S. The number of piperazine rings is 1. The number of oxazole rings is 1. The lowest BCUT2D eigenvalue weighted by Gasteiger charge is -2.34. The van der Waals surface area contributed by atoms with E-state index in [2.05, 4.69) is 27.1 Å². The Labute approximate surface area is 213 Å². The van der Waals surface area contributed by atoms with E-state index in [1.54, 1.807) is 24.3 Å². The van der Waals surface area contributed by atoms with E-state index in [4.69, 9.17) is 9.15 Å². The molecular weight excluding hydrogens is 502 g/mol. The van der Waals surface area contributed by atoms with Gasteiger partial charge in [-0.2, -0.15) is 4.98 Å². The summed E-state index contributed by atoms with van der Waals surface area (Å²) in [6.45, 7) is 2.96. The van der Waals surface area contributed by atoms with Gasteiger partial charge in [-0.1, -0.05) is 12.1 Å². The summed E-state index contributed by atoms with van der Waals surface area (Å²) in [7, 11) is -1.42. The average Bonchev–Trinajstić information content (AvgIpc) is 3.26. The van der Waals surface area contributed by atoms with Gasteiger partial charge in [0.15, 0.2) is 21.2 Å². The first kappa shape index (κ1) is 25.0. The molecule has 1 saturated heterocycles. The number of halogens is 2. The zero-order chi connectivity index (χ0) is 26.2. The van der Waals surface area contributed by atoms with Crippen molar-refractivity contribution >= 4 is 38.3 Å². The standard InChI is InChI=1S/C26H26F2N4O4S/c1-31-9-11-32(12-10-31)18-13-17(14-19(15-18)37(2,33)34)29-26-30-23-7-4-8-24(25(23)36-26)35-16-20-21(27)5-3-6-22(20)28/h3-8,13-15H,9-12,16H2,1-2H3,(H,29,30). The fourth-order valence-electron chi connectivity index (χ4n) is 4.15. The second-order valence-corrected chi connectivity index (χ2v) is 11.0. The van der Waals surface area contributed by atoms with E-state index in [0.29, 0.717) is 16.8 Å². The fourth-order valence-corrected chi connectivity index (χ4v) is 4.83. The molecule has 0 aliphatic carbocycles. The molecule has 1 fully saturated rings. The van der Waals surface area contributed by atoms with Crippen molar-refractivity contribution in [1.29, 1.82) is 0 Å². The van der Waals surface area contributed by atoms with Crippen molar-refractivity contribution in [3.8, 4) is 5.75 Å². The largest absolute Gasteiger partial charge is 0.485 e. The highest BCUT2D eigenvalue weighted by molar-refractivity contribution is 7.90. The Balaban J connectivity index is 1.43. The van der Waals surface area contributed by atoms with Crippen LogP contribution in [0.3, 0.4) is 0 Å². The number of nitrogens with one attached hydrogen (secondary N) is 1. The predicted molar refractivity (Wildman–Crippen MR) is 137 cm³/mol. The molecule has 0 spiro atoms. The summed E-state index contributed by atoms with van der Waals surface area (Å²) in [6.07, 6.45) is 1.17. The molecule has 1 N–H and O–H groups in total. The van der Waals surface area contributed by atoms with Crippen LogP contribution >= 0.6 is 0 Å². The molecule has 11 heteroatoms. The molecule has 8 nitrogen and oxygen atoms in total. The Morgan fingerprint density at radius 2 is 1.73 bits per heavy atom. The highest BCUT2D eigenvalue weighted by atomic mass is 32.2. The molecule has 3 aromatic carbocycles. The van der Waals surface area contributed by atoms with Gasteiger partial charge in [-0.25, -0.2) is 17.2 Å². The minimum absolute atomic E-state index is 0.123. The maximum absolute atomic E-state index is 14.0. The van der Waals surface area contributed by atoms with Crippen LogP contribution in [-0.2, 0) is 16.4 Å². The summed E-state index contributed by atoms with van der Waals surface area (Å²) in [6, 6.07) is 13.8. The number of sulfone groups is 1. The molecule has 0 amide bonds. The number of fused-ring (bicyclic) bond motifs is 1. The van der Waals surface area contributed by atoms with Crippen LogP contribution in [0.15, 0.2) is 63.9 Å². The number of benzene rings is 3. The number of hydrogen-bond donors (Lipinski definition) is 1. The van der Waals surface area contributed by atoms with Crippen molar-refractivity contribution in [2.45, 2.75) is 11.5 Å². The fraction of sp³-hybridized carbons (Fsp3) is 0.269. The molecule has 0 bridgehead atoms. The lowest BCUT2D eigenvalue weighted by molar-refractivity contribution is 0.292. The summed E-state index contributed by atoms with van der Waals surface area (Å²) in [5, 5.41) is 3.06. The second-order valence-electron chi connectivity index (χ2n) is 9.02. The van der Waals surface area contributed by atoms with Crippen LogP contribution in [0.4, 0.5) is 26.2 Å². The molecule has 4 aromatic rings. The summed E-state index contributed by atoms with van der Waals surface area (Å²) in [4.78, 5) is 8.96. The first-order valence-electron chi connectivity index (χ1n) is 11.7. The topological polar surface area (TPSA) is 87.9 Å². The maximum Gasteiger partial charge on any atom is 0.300 e. The molecule has 1 aliphatic rings. The van der Waals surface area contributed by atoms with Crippen LogP contribution in [0.5, 0.6) is 5.75 Å². The zero-order valence-electron chi connectivity index (χ0n) is 20.4. The van der Waals surface area contributed by atoms with Crippen LogP contribution in [0, 0.1) is 11.6 Å². The minimum atomic E-state index is -3.47. The van der Waals surface area contributed by atoms with Gasteiger partial charge in [0.05, 0.1) is 10.5 Å². The van der Waals surface area contributed by atoms with Crippen LogP contribution in [0.1, 0.15) is 5.56 Å². The Morgan fingerprint density at radius 1 is 1.03 bits per heavy atom. The SMILES string of the molecule is CN1CCN(c2cc(Nc3nc4cccc(OCc5c(F)cccc5F)c4o3)cc(S(C)(=O)=O)c2)CC1. The smallest absolute Gasteiger partial charge is 0.300 e. The Hall–Kier alpha value is -3.70. The van der Waals surface area contributed by atoms with Gasteiger partial charge in [0.1, 0.15) is 23.8 Å². The van der Waals surface area contributed by atoms with E-state index < -0.39 is 21.5 Å². The van der Waals surface area contributed by atoms with Crippen molar-refractivity contribution in [1.82, 2.24) is 9.88 Å². The molecule has 37 heavy (non-hydrogen) atoms. The van der Waals surface area contributed by atoms with Gasteiger partial charge in [-0.3, -0.25) is 0 Å². The zero-order valence-corrected chi connectivity index (χ0v) is 21.2. The number of nitrogens with zero attached hydrogens (tertiary/aromatic N) is 3. The Kier molecular flexibility index (Phi) is 6.74. The number of rotatable bonds is 7. The van der Waals surface area contributed by atoms with Gasteiger partial charge in [0.2, 0.25) is 0 Å². The van der Waals surface area contributed by atoms with Gasteiger partial charge >= 0.3 is 0 Å². The molecule has 1 aromatic heterocycles. The normalized spacial score (nSPS) is 14.8. The molecule has 0 unspecified atom stereocenters. The summed E-state index contributed by atoms with van der Waals surface area (Å²) >= 11 is 0. The predicted octanol–water partition coefficient (Wildman–Crippen LogP) is 4.58. The van der Waals surface area contributed by atoms with E-state index >= 15 is 0 Å². The van der Waals surface area contributed by atoms with Crippen molar-refractivity contribution < 1.29 is 26.4 Å². The van der Waals surface area contributed by atoms with Crippen molar-refractivity contribution in [3.63, 3.8) is 0 Å². The number of anilines is 3. The molecule has 2 heterocycles. The van der Waals surface area contributed by atoms with E-state index in [0.717, 1.165) is 31.9 Å². The molecule has 0 atom stereocenters. The van der Waals surface area contributed by atoms with E-state index in [-0.39, 0.29) is 28.8 Å². The van der Waals surface area contributed by atoms with E-state index in [1.165, 1.54) is 30.5 Å². The highest BCUT2D eigenvalue weighted by Gasteiger charge is 2.19. The lowest BCUT2D eigenvalue weighted by atomic mass is 10.2. The molecule has 1 aliphatic heterocycles. The molecule has 0 saturated carbocycles. The van der Waals surface area contributed by atoms with Gasteiger partial charge in [0, 0.05) is 43.8 Å². The van der Waals surface area contributed by atoms with Crippen molar-refractivity contribution in [3.05, 3.63) is 71.8 Å². The number of hydrogen-bond acceptors (Lipinski definition) is 8. The monoisotopic (exact) mass is 528 g/mol. The van der Waals surface area contributed by atoms with Gasteiger partial charge in [-0.15, -0.1) is 0 Å². The van der Waals surface area contributed by atoms with E-state index in [9.17, 15) is 17.2 Å². The Bertz CT molecular complexity index is 1530. The van der Waals surface area contributed by atoms with Gasteiger partial charge in [-0.05, 0) is 49.5 Å². The number of likely N-dealkylation sites (N-methyl/N-ethyl adjacent to an activating group) is 1. The molecule has 0 radical (unpaired) electrons. The summed E-state index contributed by atoms with van der Waals surface area (Å²) in [5.74, 6) is -1.13. The minimum Gasteiger partial charge on any atom is -0.485 e. The number of aromatic nitrogens is 1. The van der Waals surface area contributed by atoms with Crippen LogP contribution in [0.25, 0.3) is 11.1 Å². The number of para-hydroxylation sites is 1. The van der Waals surface area contributed by atoms with Gasteiger partial charge in [0.25, 0.3) is 6.01 Å². The molecule has 194 valence electrons. The third-order valence-electron chi connectivity index (χ3n) is 6.25. The summed E-state index contributed by atoms with van der Waals surface area (Å²) < 4.78 is 64.3. The second kappa shape index (κ2) is 9.98. The maximum atomic E-state index is 14.0. The quantitative estimate of drug-likeness (QED) is 0.373. The summed E-state index contributed by atoms with van der Waals surface area (Å²) in [5.41, 5.74) is 1.85. The third-order valence-corrected chi connectivity index (χ3v) is 7.34. The first-order chi connectivity index (χ1) is 17.7. The number of ether oxygens (including phenoxy) is 1. The van der Waals surface area contributed by atoms with E-state index in [1.807, 2.05) is 6.07 Å². The van der Waals surface area contributed by atoms with Crippen LogP contribution in [0.2, 0.25) is 0 Å². The third kappa shape index (κ3) is 5.52.